The lowest BCUT2D eigenvalue weighted by Gasteiger charge is -2.12. The van der Waals surface area contributed by atoms with Crippen LogP contribution < -0.4 is 5.73 Å². The van der Waals surface area contributed by atoms with E-state index < -0.39 is 0 Å². The van der Waals surface area contributed by atoms with Crippen molar-refractivity contribution in [3.63, 3.8) is 0 Å². The molecule has 2 rings (SSSR count). The third kappa shape index (κ3) is 2.49. The Bertz CT molecular complexity index is 561. The van der Waals surface area contributed by atoms with Gasteiger partial charge in [-0.15, -0.1) is 0 Å². The Hall–Kier alpha value is -1.54. The smallest absolute Gasteiger partial charge is 0.145 e. The lowest BCUT2D eigenvalue weighted by Crippen LogP contribution is -1.95. The van der Waals surface area contributed by atoms with Crippen LogP contribution in [0.2, 0.25) is 5.02 Å². The van der Waals surface area contributed by atoms with Crippen LogP contribution in [0.25, 0.3) is 11.1 Å². The van der Waals surface area contributed by atoms with Crippen molar-refractivity contribution in [1.29, 1.82) is 0 Å². The number of hydrogen-bond donors (Lipinski definition) is 1. The Morgan fingerprint density at radius 1 is 1.06 bits per heavy atom. The number of halogens is 2. The second-order valence-corrected chi connectivity index (χ2v) is 5.05. The van der Waals surface area contributed by atoms with E-state index in [0.717, 1.165) is 11.1 Å². The molecule has 0 aromatic heterocycles. The van der Waals surface area contributed by atoms with E-state index in [-0.39, 0.29) is 16.8 Å². The summed E-state index contributed by atoms with van der Waals surface area (Å²) in [6.45, 7) is 3.89. The summed E-state index contributed by atoms with van der Waals surface area (Å²) in [6.07, 6.45) is 0. The molecule has 0 atom stereocenters. The standard InChI is InChI=1S/C15H15ClFN/c1-9(2)13-7-11(8-14(16)15(13)17)10-3-5-12(18)6-4-10/h3-9H,18H2,1-2H3. The van der Waals surface area contributed by atoms with E-state index in [1.807, 2.05) is 44.2 Å². The van der Waals surface area contributed by atoms with E-state index in [1.165, 1.54) is 0 Å². The first-order valence-electron chi connectivity index (χ1n) is 5.84. The van der Waals surface area contributed by atoms with Crippen molar-refractivity contribution in [3.8, 4) is 11.1 Å². The third-order valence-corrected chi connectivity index (χ3v) is 3.20. The molecule has 0 saturated carbocycles. The molecule has 0 unspecified atom stereocenters. The van der Waals surface area contributed by atoms with Crippen LogP contribution in [-0.2, 0) is 0 Å². The summed E-state index contributed by atoms with van der Waals surface area (Å²) >= 11 is 5.94. The summed E-state index contributed by atoms with van der Waals surface area (Å²) in [5.74, 6) is -0.234. The maximum absolute atomic E-state index is 13.9. The molecular formula is C15H15ClFN. The van der Waals surface area contributed by atoms with Gasteiger partial charge in [0.25, 0.3) is 0 Å². The van der Waals surface area contributed by atoms with Crippen LogP contribution in [0.4, 0.5) is 10.1 Å². The second kappa shape index (κ2) is 4.99. The first kappa shape index (κ1) is 12.9. The fourth-order valence-corrected chi connectivity index (χ4v) is 2.10. The lowest BCUT2D eigenvalue weighted by atomic mass is 9.96. The molecule has 0 aliphatic heterocycles. The van der Waals surface area contributed by atoms with Crippen LogP contribution in [0.1, 0.15) is 25.3 Å². The molecule has 0 radical (unpaired) electrons. The van der Waals surface area contributed by atoms with Crippen molar-refractivity contribution in [2.75, 3.05) is 5.73 Å². The maximum Gasteiger partial charge on any atom is 0.145 e. The number of rotatable bonds is 2. The number of benzene rings is 2. The average Bonchev–Trinajstić information content (AvgIpc) is 2.33. The molecule has 0 heterocycles. The zero-order valence-corrected chi connectivity index (χ0v) is 11.1. The highest BCUT2D eigenvalue weighted by Gasteiger charge is 2.13. The fraction of sp³-hybridized carbons (Fsp3) is 0.200. The molecule has 0 spiro atoms. The first-order valence-corrected chi connectivity index (χ1v) is 6.21. The Morgan fingerprint density at radius 3 is 2.22 bits per heavy atom. The molecule has 0 fully saturated rings. The van der Waals surface area contributed by atoms with Gasteiger partial charge in [0.05, 0.1) is 5.02 Å². The van der Waals surface area contributed by atoms with Gasteiger partial charge in [-0.2, -0.15) is 0 Å². The minimum atomic E-state index is -0.328. The summed E-state index contributed by atoms with van der Waals surface area (Å²) in [5, 5.41) is 0.160. The van der Waals surface area contributed by atoms with Gasteiger partial charge in [-0.05, 0) is 46.9 Å². The number of nitrogen functional groups attached to an aromatic ring is 1. The molecule has 0 amide bonds. The van der Waals surface area contributed by atoms with Crippen molar-refractivity contribution in [2.45, 2.75) is 19.8 Å². The summed E-state index contributed by atoms with van der Waals surface area (Å²) in [6, 6.07) is 10.9. The van der Waals surface area contributed by atoms with Gasteiger partial charge in [0, 0.05) is 5.69 Å². The lowest BCUT2D eigenvalue weighted by molar-refractivity contribution is 0.599. The summed E-state index contributed by atoms with van der Waals surface area (Å²) < 4.78 is 13.9. The molecule has 3 heteroatoms. The molecule has 94 valence electrons. The minimum absolute atomic E-state index is 0.0937. The van der Waals surface area contributed by atoms with E-state index in [4.69, 9.17) is 17.3 Å². The molecule has 1 nitrogen and oxygen atoms in total. The molecule has 18 heavy (non-hydrogen) atoms. The number of anilines is 1. The number of hydrogen-bond acceptors (Lipinski definition) is 1. The Labute approximate surface area is 111 Å². The summed E-state index contributed by atoms with van der Waals surface area (Å²) in [4.78, 5) is 0. The normalized spacial score (nSPS) is 10.9. The van der Waals surface area contributed by atoms with E-state index in [0.29, 0.717) is 11.3 Å². The van der Waals surface area contributed by atoms with Crippen molar-refractivity contribution >= 4 is 17.3 Å². The average molecular weight is 264 g/mol. The van der Waals surface area contributed by atoms with Crippen molar-refractivity contribution in [3.05, 3.63) is 52.8 Å². The van der Waals surface area contributed by atoms with E-state index in [1.54, 1.807) is 6.07 Å². The minimum Gasteiger partial charge on any atom is -0.399 e. The van der Waals surface area contributed by atoms with Gasteiger partial charge in [0.15, 0.2) is 0 Å². The quantitative estimate of drug-likeness (QED) is 0.770. The molecule has 2 aromatic rings. The van der Waals surface area contributed by atoms with Crippen LogP contribution >= 0.6 is 11.6 Å². The van der Waals surface area contributed by atoms with Crippen molar-refractivity contribution < 1.29 is 4.39 Å². The highest BCUT2D eigenvalue weighted by molar-refractivity contribution is 6.31. The highest BCUT2D eigenvalue weighted by atomic mass is 35.5. The Kier molecular flexibility index (Phi) is 3.58. The number of nitrogens with two attached hydrogens (primary N) is 1. The van der Waals surface area contributed by atoms with E-state index >= 15 is 0 Å². The van der Waals surface area contributed by atoms with Crippen molar-refractivity contribution in [2.24, 2.45) is 0 Å². The van der Waals surface area contributed by atoms with Crippen LogP contribution in [-0.4, -0.2) is 0 Å². The summed E-state index contributed by atoms with van der Waals surface area (Å²) in [7, 11) is 0. The van der Waals surface area contributed by atoms with E-state index in [2.05, 4.69) is 0 Å². The van der Waals surface area contributed by atoms with Gasteiger partial charge < -0.3 is 5.73 Å². The predicted molar refractivity (Wildman–Crippen MR) is 75.3 cm³/mol. The van der Waals surface area contributed by atoms with Gasteiger partial charge in [0.1, 0.15) is 5.82 Å². The molecular weight excluding hydrogens is 249 g/mol. The largest absolute Gasteiger partial charge is 0.399 e. The van der Waals surface area contributed by atoms with Crippen LogP contribution in [0.3, 0.4) is 0 Å². The van der Waals surface area contributed by atoms with E-state index in [9.17, 15) is 4.39 Å². The Balaban J connectivity index is 2.55. The maximum atomic E-state index is 13.9. The molecule has 0 bridgehead atoms. The fourth-order valence-electron chi connectivity index (χ4n) is 1.87. The van der Waals surface area contributed by atoms with Crippen LogP contribution in [0, 0.1) is 5.82 Å². The Morgan fingerprint density at radius 2 is 1.67 bits per heavy atom. The molecule has 2 aromatic carbocycles. The van der Waals surface area contributed by atoms with Crippen LogP contribution in [0.5, 0.6) is 0 Å². The molecule has 0 saturated heterocycles. The molecule has 0 aliphatic carbocycles. The predicted octanol–water partition coefficient (Wildman–Crippen LogP) is 4.85. The third-order valence-electron chi connectivity index (χ3n) is 2.92. The van der Waals surface area contributed by atoms with Crippen LogP contribution in [0.15, 0.2) is 36.4 Å². The zero-order chi connectivity index (χ0) is 13.3. The first-order chi connectivity index (χ1) is 8.49. The highest BCUT2D eigenvalue weighted by Crippen LogP contribution is 2.31. The zero-order valence-electron chi connectivity index (χ0n) is 10.4. The second-order valence-electron chi connectivity index (χ2n) is 4.64. The van der Waals surface area contributed by atoms with Gasteiger partial charge in [0.2, 0.25) is 0 Å². The monoisotopic (exact) mass is 263 g/mol. The van der Waals surface area contributed by atoms with Gasteiger partial charge >= 0.3 is 0 Å². The van der Waals surface area contributed by atoms with Crippen molar-refractivity contribution in [1.82, 2.24) is 0 Å². The molecule has 0 aliphatic rings. The SMILES string of the molecule is CC(C)c1cc(-c2ccc(N)cc2)cc(Cl)c1F. The molecule has 2 N–H and O–H groups in total. The van der Waals surface area contributed by atoms with Gasteiger partial charge in [-0.1, -0.05) is 37.6 Å². The van der Waals surface area contributed by atoms with Gasteiger partial charge in [-0.25, -0.2) is 4.39 Å². The van der Waals surface area contributed by atoms with Gasteiger partial charge in [-0.3, -0.25) is 0 Å². The topological polar surface area (TPSA) is 26.0 Å². The summed E-state index contributed by atoms with van der Waals surface area (Å²) in [5.41, 5.74) is 8.88.